The minimum absolute atomic E-state index is 0.533. The van der Waals surface area contributed by atoms with E-state index in [0.717, 1.165) is 166 Å². The Labute approximate surface area is 801 Å². The summed E-state index contributed by atoms with van der Waals surface area (Å²) in [6.07, 6.45) is 5.58. The van der Waals surface area contributed by atoms with Gasteiger partial charge in [-0.2, -0.15) is 9.97 Å². The van der Waals surface area contributed by atoms with Crippen LogP contribution in [0.2, 0.25) is 0 Å². The van der Waals surface area contributed by atoms with E-state index in [1.165, 1.54) is 102 Å². The number of rotatable bonds is 9. The van der Waals surface area contributed by atoms with E-state index >= 15 is 0 Å². The van der Waals surface area contributed by atoms with Crippen LogP contribution in [0.5, 0.6) is 0 Å². The Kier molecular flexibility index (Phi) is 17.7. The molecular weight excluding hydrogens is 1730 g/mol. The van der Waals surface area contributed by atoms with E-state index in [4.69, 9.17) is 43.2 Å². The summed E-state index contributed by atoms with van der Waals surface area (Å²) >= 11 is 1.86. The smallest absolute Gasteiger partial charge is 0.248 e. The Morgan fingerprint density at radius 3 is 1.04 bits per heavy atom. The first-order chi connectivity index (χ1) is 69.3. The Morgan fingerprint density at radius 1 is 0.200 bits per heavy atom. The van der Waals surface area contributed by atoms with Crippen molar-refractivity contribution in [1.29, 1.82) is 0 Å². The highest BCUT2D eigenvalue weighted by molar-refractivity contribution is 7.26. The Morgan fingerprint density at radius 2 is 0.543 bits per heavy atom. The first kappa shape index (κ1) is 78.7. The van der Waals surface area contributed by atoms with E-state index in [9.17, 15) is 0 Å². The molecule has 0 spiro atoms. The molecule has 0 saturated heterocycles. The van der Waals surface area contributed by atoms with Crippen LogP contribution in [0.1, 0.15) is 0 Å². The van der Waals surface area contributed by atoms with Gasteiger partial charge in [0.25, 0.3) is 0 Å². The number of fused-ring (bicyclic) bond motifs is 27. The molecule has 0 aliphatic rings. The van der Waals surface area contributed by atoms with E-state index in [-0.39, 0.29) is 0 Å². The van der Waals surface area contributed by atoms with Gasteiger partial charge in [-0.05, 0) is 216 Å². The summed E-state index contributed by atoms with van der Waals surface area (Å²) in [5.74, 6) is 1.45. The van der Waals surface area contributed by atoms with Crippen molar-refractivity contribution in [2.75, 3.05) is 0 Å². The fraction of sp³-hybridized carbons (Fsp3) is 0. The van der Waals surface area contributed by atoms with E-state index in [0.29, 0.717) is 17.1 Å². The van der Waals surface area contributed by atoms with Crippen LogP contribution in [0, 0.1) is 0 Å². The second-order valence-corrected chi connectivity index (χ2v) is 37.1. The Hall–Kier alpha value is -18.8. The molecule has 14 heteroatoms. The monoisotopic (exact) mass is 1810 g/mol. The summed E-state index contributed by atoms with van der Waals surface area (Å²) in [6.45, 7) is 0. The molecule has 0 radical (unpaired) electrons. The van der Waals surface area contributed by atoms with Gasteiger partial charge in [-0.25, -0.2) is 19.9 Å². The van der Waals surface area contributed by atoms with Gasteiger partial charge in [0.15, 0.2) is 11.6 Å². The first-order valence-corrected chi connectivity index (χ1v) is 47.8. The maximum atomic E-state index is 6.34. The van der Waals surface area contributed by atoms with Gasteiger partial charge in [-0.15, -0.1) is 11.3 Å². The summed E-state index contributed by atoms with van der Waals surface area (Å²) in [4.78, 5) is 29.6. The van der Waals surface area contributed by atoms with Gasteiger partial charge in [0.2, 0.25) is 17.1 Å². The number of hydrogen-bond donors (Lipinski definition) is 0. The van der Waals surface area contributed by atoms with Crippen molar-refractivity contribution in [3.63, 3.8) is 0 Å². The zero-order chi connectivity index (χ0) is 91.7. The number of para-hydroxylation sites is 6. The van der Waals surface area contributed by atoms with Crippen LogP contribution in [-0.4, -0.2) is 48.2 Å². The quantitative estimate of drug-likeness (QED) is 0.138. The lowest BCUT2D eigenvalue weighted by molar-refractivity contribution is 0.651. The van der Waals surface area contributed by atoms with Crippen molar-refractivity contribution < 1.29 is 13.3 Å². The summed E-state index contributed by atoms with van der Waals surface area (Å²) < 4.78 is 30.6. The lowest BCUT2D eigenvalue weighted by atomic mass is 9.98. The molecule has 0 saturated carbocycles. The molecule has 0 unspecified atom stereocenters. The van der Waals surface area contributed by atoms with Gasteiger partial charge < -0.3 is 22.4 Å². The maximum absolute atomic E-state index is 6.34. The second kappa shape index (κ2) is 31.4. The van der Waals surface area contributed by atoms with E-state index in [2.05, 4.69) is 425 Å². The number of nitrogens with zero attached hydrogens (tertiary/aromatic N) is 10. The SMILES string of the molecule is c1cc(-c2ccc(-c3cccc4c3sc3ccccc34)cc2)cc(-c2cnc3c(n2)oc2cc4ccccc4cc23)c1.c1ccc(-n2c3ccccc3c3cc(-c4ccc5c(c4)c4ccccc4n5-c4cnc5c(n4)oc4cc6ccccc6cc45)ccc32)cc1.c1ccc(-n2c3ccccc3c3cc(-c4ccc5c6ccccc6n(-c6cnc7c(n6)oc6cc8ccccc8cc67)c5c4)ccc32)cc1. The fourth-order valence-electron chi connectivity index (χ4n) is 21.5. The average Bonchev–Trinajstić information content (AvgIpc) is 1.57. The molecule has 0 aliphatic heterocycles. The van der Waals surface area contributed by atoms with Crippen LogP contribution in [-0.2, 0) is 0 Å². The molecular formula is C126H74N10O3S. The Bertz CT molecular complexity index is 10600. The van der Waals surface area contributed by atoms with Crippen LogP contribution in [0.3, 0.4) is 0 Å². The third kappa shape index (κ3) is 12.7. The highest BCUT2D eigenvalue weighted by Crippen LogP contribution is 2.46. The average molecular weight is 1810 g/mol. The standard InChI is InChI=1S/2C44H26N4O.C38H22N2OS/c1-2-12-31(13-3-1)47-37-16-8-7-15-33(37)35-22-29(19-21-39(35)47)30-18-20-34-32-14-6-9-17-38(32)48(40(34)24-30)42-26-45-43-36-23-27-10-4-5-11-28(27)25-41(36)49-44(43)46-42;1-2-12-31(13-3-1)47-37-16-8-6-14-32(37)34-22-29(18-20-39(34)47)30-19-21-40-35(23-30)33-15-7-9-17-38(33)48(40)42-26-45-43-36-24-27-10-4-5-11-28(27)25-41(36)49-44(43)46-42;1-2-8-27-21-34-32(20-26(27)7-1)36-38(41-34)40-33(22-39-36)28-10-5-9-25(19-28)23-15-17-24(18-16-23)29-12-6-13-31-30-11-3-4-14-35(30)42-37(29)31/h2*1-26H;1-22H. The summed E-state index contributed by atoms with van der Waals surface area (Å²) in [5.41, 5.74) is 29.0. The molecule has 20 aromatic carbocycles. The summed E-state index contributed by atoms with van der Waals surface area (Å²) in [5, 5.41) is 22.1. The van der Waals surface area contributed by atoms with Gasteiger partial charge in [-0.3, -0.25) is 9.13 Å². The fourth-order valence-corrected chi connectivity index (χ4v) is 22.7. The van der Waals surface area contributed by atoms with E-state index in [1.54, 1.807) is 0 Å². The third-order valence-electron chi connectivity index (χ3n) is 28.1. The number of thiophene rings is 1. The molecule has 31 aromatic rings. The van der Waals surface area contributed by atoms with E-state index in [1.807, 2.05) is 54.2 Å². The molecule has 0 fully saturated rings. The van der Waals surface area contributed by atoms with Crippen LogP contribution in [0.15, 0.2) is 463 Å². The van der Waals surface area contributed by atoms with E-state index < -0.39 is 0 Å². The predicted octanol–water partition coefficient (Wildman–Crippen LogP) is 33.7. The van der Waals surface area contributed by atoms with Crippen molar-refractivity contribution in [3.05, 3.63) is 449 Å². The van der Waals surface area contributed by atoms with Gasteiger partial charge >= 0.3 is 0 Å². The van der Waals surface area contributed by atoms with Gasteiger partial charge in [-0.1, -0.05) is 291 Å². The van der Waals surface area contributed by atoms with Crippen LogP contribution >= 0.6 is 11.3 Å². The van der Waals surface area contributed by atoms with Crippen molar-refractivity contribution in [2.45, 2.75) is 0 Å². The molecule has 0 amide bonds. The molecule has 0 aliphatic carbocycles. The normalized spacial score (nSPS) is 12.0. The van der Waals surface area contributed by atoms with Crippen LogP contribution in [0.25, 0.3) is 285 Å². The molecule has 13 nitrogen and oxygen atoms in total. The lowest BCUT2D eigenvalue weighted by Crippen LogP contribution is -1.98. The van der Waals surface area contributed by atoms with Crippen LogP contribution in [0.4, 0.5) is 0 Å². The van der Waals surface area contributed by atoms with Crippen LogP contribution < -0.4 is 0 Å². The summed E-state index contributed by atoms with van der Waals surface area (Å²) in [7, 11) is 0. The maximum Gasteiger partial charge on any atom is 0.248 e. The van der Waals surface area contributed by atoms with Gasteiger partial charge in [0.1, 0.15) is 33.3 Å². The topological polar surface area (TPSA) is 136 Å². The first-order valence-electron chi connectivity index (χ1n) is 47.0. The molecule has 140 heavy (non-hydrogen) atoms. The minimum atomic E-state index is 0.533. The predicted molar refractivity (Wildman–Crippen MR) is 578 cm³/mol. The number of furan rings is 3. The summed E-state index contributed by atoms with van der Waals surface area (Å²) in [6, 6.07) is 153. The molecule has 0 atom stereocenters. The zero-order valence-corrected chi connectivity index (χ0v) is 75.6. The largest absolute Gasteiger partial charge is 0.436 e. The van der Waals surface area contributed by atoms with Crippen molar-refractivity contribution in [1.82, 2.24) is 48.2 Å². The Balaban J connectivity index is 0.000000101. The minimum Gasteiger partial charge on any atom is -0.436 e. The highest BCUT2D eigenvalue weighted by atomic mass is 32.1. The number of benzene rings is 20. The molecule has 31 rings (SSSR count). The molecule has 0 bridgehead atoms. The van der Waals surface area contributed by atoms with Gasteiger partial charge in [0.05, 0.1) is 68.4 Å². The van der Waals surface area contributed by atoms with Gasteiger partial charge in [0, 0.05) is 96.4 Å². The molecule has 11 heterocycles. The molecule has 0 N–H and O–H groups in total. The zero-order valence-electron chi connectivity index (χ0n) is 74.8. The van der Waals surface area contributed by atoms with Crippen molar-refractivity contribution >= 4 is 218 Å². The highest BCUT2D eigenvalue weighted by Gasteiger charge is 2.25. The molecule has 652 valence electrons. The number of hydrogen-bond acceptors (Lipinski definition) is 10. The second-order valence-electron chi connectivity index (χ2n) is 36.0. The number of aromatic nitrogens is 10. The molecule has 11 aromatic heterocycles. The van der Waals surface area contributed by atoms with Crippen molar-refractivity contribution in [3.8, 4) is 78.8 Å². The third-order valence-corrected chi connectivity index (χ3v) is 29.3. The lowest BCUT2D eigenvalue weighted by Gasteiger charge is -2.09. The van der Waals surface area contributed by atoms with Crippen molar-refractivity contribution in [2.24, 2.45) is 0 Å².